The highest BCUT2D eigenvalue weighted by Gasteiger charge is 2.21. The van der Waals surface area contributed by atoms with E-state index in [9.17, 15) is 14.0 Å². The lowest BCUT2D eigenvalue weighted by atomic mass is 10.1. The molecule has 1 N–H and O–H groups in total. The number of benzene rings is 1. The molecule has 0 fully saturated rings. The second kappa shape index (κ2) is 7.92. The third-order valence-corrected chi connectivity index (χ3v) is 3.99. The molecule has 134 valence electrons. The highest BCUT2D eigenvalue weighted by Crippen LogP contribution is 2.19. The summed E-state index contributed by atoms with van der Waals surface area (Å²) in [7, 11) is 1.78. The van der Waals surface area contributed by atoms with Crippen molar-refractivity contribution in [3.05, 3.63) is 47.0 Å². The number of esters is 1. The summed E-state index contributed by atoms with van der Waals surface area (Å²) in [6.45, 7) is 5.12. The molecule has 0 radical (unpaired) electrons. The molecule has 0 saturated heterocycles. The van der Waals surface area contributed by atoms with Gasteiger partial charge in [-0.05, 0) is 38.8 Å². The highest BCUT2D eigenvalue weighted by atomic mass is 19.1. The van der Waals surface area contributed by atoms with Gasteiger partial charge in [0.1, 0.15) is 5.82 Å². The van der Waals surface area contributed by atoms with E-state index in [2.05, 4.69) is 10.4 Å². The first-order valence-corrected chi connectivity index (χ1v) is 8.03. The molecule has 25 heavy (non-hydrogen) atoms. The third kappa shape index (κ3) is 4.65. The fourth-order valence-electron chi connectivity index (χ4n) is 2.43. The summed E-state index contributed by atoms with van der Waals surface area (Å²) < 4.78 is 20.3. The van der Waals surface area contributed by atoms with Gasteiger partial charge < -0.3 is 10.1 Å². The molecule has 0 aliphatic carbocycles. The summed E-state index contributed by atoms with van der Waals surface area (Å²) in [5.41, 5.74) is 2.55. The Morgan fingerprint density at radius 2 is 2.00 bits per heavy atom. The van der Waals surface area contributed by atoms with Gasteiger partial charge in [0.25, 0.3) is 5.91 Å². The molecule has 0 unspecified atom stereocenters. The van der Waals surface area contributed by atoms with E-state index < -0.39 is 18.0 Å². The number of rotatable bonds is 6. The summed E-state index contributed by atoms with van der Waals surface area (Å²) >= 11 is 0. The molecule has 0 aliphatic heterocycles. The number of carbonyl (C=O) groups excluding carboxylic acids is 2. The zero-order chi connectivity index (χ0) is 18.6. The van der Waals surface area contributed by atoms with E-state index in [1.165, 1.54) is 13.0 Å². The van der Waals surface area contributed by atoms with Crippen LogP contribution in [0.2, 0.25) is 0 Å². The minimum atomic E-state index is -0.952. The molecule has 7 heteroatoms. The van der Waals surface area contributed by atoms with E-state index in [-0.39, 0.29) is 18.7 Å². The van der Waals surface area contributed by atoms with E-state index in [1.807, 2.05) is 6.92 Å². The van der Waals surface area contributed by atoms with Crippen molar-refractivity contribution in [2.45, 2.75) is 39.7 Å². The van der Waals surface area contributed by atoms with Crippen LogP contribution in [-0.4, -0.2) is 27.8 Å². The number of amides is 1. The summed E-state index contributed by atoms with van der Waals surface area (Å²) in [6, 6.07) is 6.26. The quantitative estimate of drug-likeness (QED) is 0.816. The zero-order valence-electron chi connectivity index (χ0n) is 14.8. The van der Waals surface area contributed by atoms with Gasteiger partial charge in [0.2, 0.25) is 0 Å². The van der Waals surface area contributed by atoms with Gasteiger partial charge in [0, 0.05) is 13.5 Å². The maximum absolute atomic E-state index is 13.5. The van der Waals surface area contributed by atoms with Crippen molar-refractivity contribution >= 4 is 17.6 Å². The molecule has 2 rings (SSSR count). The standard InChI is InChI=1S/C18H22FN3O3/c1-11-17(12(2)22(4)21-11)20-18(24)13(3)25-16(23)10-9-14-7-5-6-8-15(14)19/h5-8,13H,9-10H2,1-4H3,(H,20,24)/t13-/m1/s1. The Morgan fingerprint density at radius 1 is 1.32 bits per heavy atom. The zero-order valence-corrected chi connectivity index (χ0v) is 14.8. The Bertz CT molecular complexity index is 786. The molecule has 0 saturated carbocycles. The minimum Gasteiger partial charge on any atom is -0.453 e. The molecule has 0 spiro atoms. The Morgan fingerprint density at radius 3 is 2.60 bits per heavy atom. The SMILES string of the molecule is Cc1nn(C)c(C)c1NC(=O)[C@@H](C)OC(=O)CCc1ccccc1F. The fourth-order valence-corrected chi connectivity index (χ4v) is 2.43. The molecule has 1 aromatic carbocycles. The molecule has 1 aromatic heterocycles. The molecule has 1 atom stereocenters. The number of hydrogen-bond donors (Lipinski definition) is 1. The number of nitrogens with one attached hydrogen (secondary N) is 1. The van der Waals surface area contributed by atoms with Crippen molar-refractivity contribution in [3.63, 3.8) is 0 Å². The maximum atomic E-state index is 13.5. The monoisotopic (exact) mass is 347 g/mol. The molecule has 1 amide bonds. The smallest absolute Gasteiger partial charge is 0.306 e. The lowest BCUT2D eigenvalue weighted by Crippen LogP contribution is -2.30. The Balaban J connectivity index is 1.88. The van der Waals surface area contributed by atoms with Crippen molar-refractivity contribution < 1.29 is 18.7 Å². The Kier molecular flexibility index (Phi) is 5.90. The van der Waals surface area contributed by atoms with Crippen LogP contribution in [0.15, 0.2) is 24.3 Å². The van der Waals surface area contributed by atoms with Crippen molar-refractivity contribution in [1.29, 1.82) is 0 Å². The number of halogens is 1. The van der Waals surface area contributed by atoms with Crippen molar-refractivity contribution in [2.24, 2.45) is 7.05 Å². The van der Waals surface area contributed by atoms with E-state index in [1.54, 1.807) is 36.9 Å². The normalized spacial score (nSPS) is 11.9. The molecule has 0 bridgehead atoms. The van der Waals surface area contributed by atoms with Crippen LogP contribution in [0, 0.1) is 19.7 Å². The van der Waals surface area contributed by atoms with E-state index in [0.29, 0.717) is 16.9 Å². The van der Waals surface area contributed by atoms with Gasteiger partial charge in [-0.2, -0.15) is 5.10 Å². The van der Waals surface area contributed by atoms with Crippen LogP contribution in [0.3, 0.4) is 0 Å². The third-order valence-electron chi connectivity index (χ3n) is 3.99. The minimum absolute atomic E-state index is 0.00347. The molecule has 0 aliphatic rings. The van der Waals surface area contributed by atoms with Gasteiger partial charge in [-0.25, -0.2) is 4.39 Å². The van der Waals surface area contributed by atoms with Gasteiger partial charge in [-0.15, -0.1) is 0 Å². The second-order valence-electron chi connectivity index (χ2n) is 5.88. The summed E-state index contributed by atoms with van der Waals surface area (Å²) in [5.74, 6) is -1.34. The van der Waals surface area contributed by atoms with Gasteiger partial charge in [0.05, 0.1) is 17.1 Å². The van der Waals surface area contributed by atoms with Crippen molar-refractivity contribution in [2.75, 3.05) is 5.32 Å². The summed E-state index contributed by atoms with van der Waals surface area (Å²) in [6.07, 6.45) is -0.725. The first-order chi connectivity index (χ1) is 11.8. The average Bonchev–Trinajstić information content (AvgIpc) is 2.80. The summed E-state index contributed by atoms with van der Waals surface area (Å²) in [4.78, 5) is 24.1. The second-order valence-corrected chi connectivity index (χ2v) is 5.88. The molecular weight excluding hydrogens is 325 g/mol. The Labute approximate surface area is 146 Å². The lowest BCUT2D eigenvalue weighted by Gasteiger charge is -2.14. The number of hydrogen-bond acceptors (Lipinski definition) is 4. The van der Waals surface area contributed by atoms with Crippen molar-refractivity contribution in [1.82, 2.24) is 9.78 Å². The van der Waals surface area contributed by atoms with E-state index >= 15 is 0 Å². The lowest BCUT2D eigenvalue weighted by molar-refractivity contribution is -0.153. The van der Waals surface area contributed by atoms with E-state index in [4.69, 9.17) is 4.74 Å². The highest BCUT2D eigenvalue weighted by molar-refractivity contribution is 5.96. The van der Waals surface area contributed by atoms with Crippen molar-refractivity contribution in [3.8, 4) is 0 Å². The first kappa shape index (κ1) is 18.6. The molecule has 6 nitrogen and oxygen atoms in total. The Hall–Kier alpha value is -2.70. The van der Waals surface area contributed by atoms with Crippen LogP contribution < -0.4 is 5.32 Å². The van der Waals surface area contributed by atoms with Crippen LogP contribution in [0.4, 0.5) is 10.1 Å². The predicted octanol–water partition coefficient (Wildman–Crippen LogP) is 2.68. The van der Waals surface area contributed by atoms with Gasteiger partial charge >= 0.3 is 5.97 Å². The predicted molar refractivity (Wildman–Crippen MR) is 91.6 cm³/mol. The number of aromatic nitrogens is 2. The molecule has 1 heterocycles. The van der Waals surface area contributed by atoms with Crippen LogP contribution in [0.1, 0.15) is 30.3 Å². The molecular formula is C18H22FN3O3. The number of ether oxygens (including phenoxy) is 1. The van der Waals surface area contributed by atoms with Gasteiger partial charge in [-0.3, -0.25) is 14.3 Å². The van der Waals surface area contributed by atoms with Crippen LogP contribution in [-0.2, 0) is 27.8 Å². The van der Waals surface area contributed by atoms with Gasteiger partial charge in [-0.1, -0.05) is 18.2 Å². The topological polar surface area (TPSA) is 73.2 Å². The first-order valence-electron chi connectivity index (χ1n) is 8.03. The number of carbonyl (C=O) groups is 2. The van der Waals surface area contributed by atoms with Gasteiger partial charge in [0.15, 0.2) is 6.10 Å². The van der Waals surface area contributed by atoms with E-state index in [0.717, 1.165) is 5.69 Å². The maximum Gasteiger partial charge on any atom is 0.306 e. The largest absolute Gasteiger partial charge is 0.453 e. The number of aryl methyl sites for hydroxylation is 3. The van der Waals surface area contributed by atoms with Crippen LogP contribution >= 0.6 is 0 Å². The van der Waals surface area contributed by atoms with Crippen LogP contribution in [0.25, 0.3) is 0 Å². The van der Waals surface area contributed by atoms with Crippen LogP contribution in [0.5, 0.6) is 0 Å². The average molecular weight is 347 g/mol. The summed E-state index contributed by atoms with van der Waals surface area (Å²) in [5, 5.41) is 6.94. The number of anilines is 1. The molecule has 2 aromatic rings. The number of nitrogens with zero attached hydrogens (tertiary/aromatic N) is 2. The fraction of sp³-hybridized carbons (Fsp3) is 0.389.